The average molecular weight is 379 g/mol. The molecule has 1 amide bonds. The van der Waals surface area contributed by atoms with Crippen LogP contribution in [0.3, 0.4) is 0 Å². The van der Waals surface area contributed by atoms with Crippen LogP contribution in [0.5, 0.6) is 5.75 Å². The number of para-hydroxylation sites is 1. The van der Waals surface area contributed by atoms with E-state index >= 15 is 0 Å². The molecular weight excluding hydrogens is 354 g/mol. The van der Waals surface area contributed by atoms with Crippen molar-refractivity contribution in [3.63, 3.8) is 0 Å². The van der Waals surface area contributed by atoms with Gasteiger partial charge in [-0.1, -0.05) is 30.3 Å². The Morgan fingerprint density at radius 1 is 1.11 bits per heavy atom. The number of methoxy groups -OCH3 is 1. The first-order valence-corrected chi connectivity index (χ1v) is 9.19. The smallest absolute Gasteiger partial charge is 0.295 e. The third kappa shape index (κ3) is 3.86. The number of aromatic nitrogens is 2. The minimum atomic E-state index is -0.236. The van der Waals surface area contributed by atoms with Crippen LogP contribution in [0.2, 0.25) is 0 Å². The quantitative estimate of drug-likeness (QED) is 0.714. The number of rotatable bonds is 6. The number of hydrogen-bond donors (Lipinski definition) is 1. The van der Waals surface area contributed by atoms with Crippen molar-refractivity contribution in [1.29, 1.82) is 0 Å². The molecule has 0 spiro atoms. The second kappa shape index (κ2) is 8.17. The van der Waals surface area contributed by atoms with Gasteiger partial charge in [0.05, 0.1) is 18.5 Å². The van der Waals surface area contributed by atoms with E-state index in [2.05, 4.69) is 5.32 Å². The molecular formula is C22H25N3O3. The van der Waals surface area contributed by atoms with Gasteiger partial charge in [-0.2, -0.15) is 0 Å². The van der Waals surface area contributed by atoms with Gasteiger partial charge in [0.15, 0.2) is 0 Å². The van der Waals surface area contributed by atoms with E-state index in [0.717, 1.165) is 22.6 Å². The molecule has 0 aliphatic heterocycles. The van der Waals surface area contributed by atoms with Gasteiger partial charge in [0.2, 0.25) is 5.91 Å². The van der Waals surface area contributed by atoms with Crippen LogP contribution in [-0.4, -0.2) is 22.4 Å². The van der Waals surface area contributed by atoms with E-state index in [0.29, 0.717) is 24.2 Å². The zero-order valence-electron chi connectivity index (χ0n) is 16.7. The van der Waals surface area contributed by atoms with Gasteiger partial charge in [0.1, 0.15) is 11.4 Å². The first-order chi connectivity index (χ1) is 13.4. The Balaban J connectivity index is 1.74. The number of ether oxygens (including phenoxy) is 1. The van der Waals surface area contributed by atoms with Crippen molar-refractivity contribution in [2.24, 2.45) is 7.05 Å². The number of nitrogens with zero attached hydrogens (tertiary/aromatic N) is 2. The molecule has 2 aromatic carbocycles. The van der Waals surface area contributed by atoms with E-state index < -0.39 is 0 Å². The van der Waals surface area contributed by atoms with Crippen molar-refractivity contribution in [2.75, 3.05) is 12.4 Å². The molecule has 1 N–H and O–H groups in total. The first kappa shape index (κ1) is 19.5. The zero-order chi connectivity index (χ0) is 20.3. The van der Waals surface area contributed by atoms with E-state index in [1.807, 2.05) is 62.4 Å². The van der Waals surface area contributed by atoms with Gasteiger partial charge >= 0.3 is 0 Å². The Kier molecular flexibility index (Phi) is 5.68. The minimum Gasteiger partial charge on any atom is -0.496 e. The summed E-state index contributed by atoms with van der Waals surface area (Å²) < 4.78 is 8.57. The summed E-state index contributed by atoms with van der Waals surface area (Å²) in [5.41, 5.74) is 3.64. The van der Waals surface area contributed by atoms with Crippen LogP contribution in [0.15, 0.2) is 53.3 Å². The van der Waals surface area contributed by atoms with E-state index in [4.69, 9.17) is 4.74 Å². The number of aryl methyl sites for hydroxylation is 2. The lowest BCUT2D eigenvalue weighted by atomic mass is 10.1. The Labute approximate surface area is 164 Å². The number of benzene rings is 2. The second-order valence-electron chi connectivity index (χ2n) is 6.79. The molecule has 0 saturated heterocycles. The molecule has 0 fully saturated rings. The van der Waals surface area contributed by atoms with Gasteiger partial charge in [-0.25, -0.2) is 4.68 Å². The molecule has 0 bridgehead atoms. The van der Waals surface area contributed by atoms with Crippen LogP contribution < -0.4 is 15.6 Å². The summed E-state index contributed by atoms with van der Waals surface area (Å²) in [5, 5.41) is 2.80. The van der Waals surface area contributed by atoms with Crippen LogP contribution in [0, 0.1) is 13.8 Å². The Morgan fingerprint density at radius 2 is 1.82 bits per heavy atom. The van der Waals surface area contributed by atoms with Crippen LogP contribution in [0.4, 0.5) is 5.69 Å². The van der Waals surface area contributed by atoms with Crippen molar-refractivity contribution in [3.8, 4) is 11.4 Å². The molecule has 0 saturated carbocycles. The van der Waals surface area contributed by atoms with Gasteiger partial charge in [-0.3, -0.25) is 14.3 Å². The fourth-order valence-electron chi connectivity index (χ4n) is 3.27. The number of carbonyl (C=O) groups excluding carboxylic acids is 1. The van der Waals surface area contributed by atoms with Gasteiger partial charge in [0.25, 0.3) is 5.56 Å². The molecule has 6 heteroatoms. The summed E-state index contributed by atoms with van der Waals surface area (Å²) in [6.07, 6.45) is 0.889. The monoisotopic (exact) mass is 379 g/mol. The van der Waals surface area contributed by atoms with Gasteiger partial charge in [-0.15, -0.1) is 0 Å². The topological polar surface area (TPSA) is 65.3 Å². The lowest BCUT2D eigenvalue weighted by Gasteiger charge is -2.08. The van der Waals surface area contributed by atoms with Gasteiger partial charge < -0.3 is 10.1 Å². The molecule has 1 heterocycles. The highest BCUT2D eigenvalue weighted by Crippen LogP contribution is 2.20. The van der Waals surface area contributed by atoms with Crippen LogP contribution in [0.25, 0.3) is 5.69 Å². The first-order valence-electron chi connectivity index (χ1n) is 9.19. The fourth-order valence-corrected chi connectivity index (χ4v) is 3.27. The van der Waals surface area contributed by atoms with E-state index in [1.165, 1.54) is 0 Å². The maximum Gasteiger partial charge on any atom is 0.295 e. The van der Waals surface area contributed by atoms with Crippen molar-refractivity contribution in [3.05, 3.63) is 75.7 Å². The zero-order valence-corrected chi connectivity index (χ0v) is 16.7. The maximum absolute atomic E-state index is 12.8. The Morgan fingerprint density at radius 3 is 2.46 bits per heavy atom. The molecule has 0 aliphatic rings. The van der Waals surface area contributed by atoms with Crippen molar-refractivity contribution >= 4 is 11.6 Å². The Hall–Kier alpha value is -3.28. The molecule has 3 rings (SSSR count). The molecule has 28 heavy (non-hydrogen) atoms. The van der Waals surface area contributed by atoms with Gasteiger partial charge in [0, 0.05) is 13.5 Å². The summed E-state index contributed by atoms with van der Waals surface area (Å²) in [7, 11) is 3.44. The third-order valence-corrected chi connectivity index (χ3v) is 4.92. The maximum atomic E-state index is 12.8. The van der Waals surface area contributed by atoms with Crippen LogP contribution >= 0.6 is 0 Å². The summed E-state index contributed by atoms with van der Waals surface area (Å²) in [5.74, 6) is 0.647. The molecule has 1 aromatic heterocycles. The molecule has 146 valence electrons. The highest BCUT2D eigenvalue weighted by Gasteiger charge is 2.18. The third-order valence-electron chi connectivity index (χ3n) is 4.92. The molecule has 3 aromatic rings. The van der Waals surface area contributed by atoms with E-state index in [1.54, 1.807) is 23.5 Å². The summed E-state index contributed by atoms with van der Waals surface area (Å²) in [6, 6.07) is 15.2. The molecule has 6 nitrogen and oxygen atoms in total. The molecule has 0 radical (unpaired) electrons. The summed E-state index contributed by atoms with van der Waals surface area (Å²) in [6.45, 7) is 3.80. The SMILES string of the molecule is COc1ccc(CCC(=O)Nc2c(C)n(C)n(-c3ccccc3)c2=O)cc1C. The lowest BCUT2D eigenvalue weighted by molar-refractivity contribution is -0.116. The lowest BCUT2D eigenvalue weighted by Crippen LogP contribution is -2.23. The normalized spacial score (nSPS) is 10.7. The van der Waals surface area contributed by atoms with Crippen molar-refractivity contribution in [1.82, 2.24) is 9.36 Å². The number of nitrogens with one attached hydrogen (secondary N) is 1. The molecule has 0 aliphatic carbocycles. The van der Waals surface area contributed by atoms with E-state index in [-0.39, 0.29) is 11.5 Å². The van der Waals surface area contributed by atoms with E-state index in [9.17, 15) is 9.59 Å². The number of amides is 1. The van der Waals surface area contributed by atoms with Crippen LogP contribution in [-0.2, 0) is 18.3 Å². The number of hydrogen-bond acceptors (Lipinski definition) is 3. The predicted molar refractivity (Wildman–Crippen MR) is 110 cm³/mol. The molecule has 0 atom stereocenters. The summed E-state index contributed by atoms with van der Waals surface area (Å²) in [4.78, 5) is 25.3. The van der Waals surface area contributed by atoms with Crippen LogP contribution in [0.1, 0.15) is 23.2 Å². The molecule has 0 unspecified atom stereocenters. The summed E-state index contributed by atoms with van der Waals surface area (Å²) >= 11 is 0. The second-order valence-corrected chi connectivity index (χ2v) is 6.79. The van der Waals surface area contributed by atoms with Crippen molar-refractivity contribution in [2.45, 2.75) is 26.7 Å². The Bertz CT molecular complexity index is 1050. The fraction of sp³-hybridized carbons (Fsp3) is 0.273. The highest BCUT2D eigenvalue weighted by atomic mass is 16.5. The van der Waals surface area contributed by atoms with Gasteiger partial charge in [-0.05, 0) is 49.6 Å². The highest BCUT2D eigenvalue weighted by molar-refractivity contribution is 5.91. The average Bonchev–Trinajstić information content (AvgIpc) is 2.90. The minimum absolute atomic E-state index is 0.181. The largest absolute Gasteiger partial charge is 0.496 e. The van der Waals surface area contributed by atoms with Crippen molar-refractivity contribution < 1.29 is 9.53 Å². The standard InChI is InChI=1S/C22H25N3O3/c1-15-14-17(10-12-19(15)28-4)11-13-20(26)23-21-16(2)24(3)25(22(21)27)18-8-6-5-7-9-18/h5-10,12,14H,11,13H2,1-4H3,(H,23,26). The number of carbonyl (C=O) groups is 1. The number of anilines is 1. The predicted octanol–water partition coefficient (Wildman–Crippen LogP) is 3.37.